The number of hydrogen-bond acceptors (Lipinski definition) is 4. The largest absolute Gasteiger partial charge is 0.383 e. The molecule has 0 aromatic carbocycles. The van der Waals surface area contributed by atoms with Gasteiger partial charge in [0.15, 0.2) is 0 Å². The maximum Gasteiger partial charge on any atom is 0.122 e. The highest BCUT2D eigenvalue weighted by molar-refractivity contribution is 9.10. The Bertz CT molecular complexity index is 515. The second-order valence-electron chi connectivity index (χ2n) is 4.15. The number of imidazole rings is 1. The first kappa shape index (κ1) is 14.2. The number of hydrogen-bond donors (Lipinski definition) is 1. The Morgan fingerprint density at radius 2 is 2.32 bits per heavy atom. The second-order valence-corrected chi connectivity index (χ2v) is 5.07. The molecule has 0 spiro atoms. The Hall–Kier alpha value is -1.24. The summed E-state index contributed by atoms with van der Waals surface area (Å²) in [6, 6.07) is 2.06. The van der Waals surface area contributed by atoms with Gasteiger partial charge in [-0.2, -0.15) is 0 Å². The molecule has 0 atom stereocenters. The Labute approximate surface area is 121 Å². The molecule has 0 saturated carbocycles. The van der Waals surface area contributed by atoms with E-state index in [4.69, 9.17) is 4.74 Å². The van der Waals surface area contributed by atoms with Crippen molar-refractivity contribution >= 4 is 15.9 Å². The fraction of sp³-hybridized carbons (Fsp3) is 0.385. The van der Waals surface area contributed by atoms with E-state index >= 15 is 0 Å². The summed E-state index contributed by atoms with van der Waals surface area (Å²) >= 11 is 3.43. The fourth-order valence-electron chi connectivity index (χ4n) is 1.76. The van der Waals surface area contributed by atoms with Crippen LogP contribution in [0.3, 0.4) is 0 Å². The minimum Gasteiger partial charge on any atom is -0.383 e. The number of pyridine rings is 1. The SMILES string of the molecule is COCCNCc1nccn1Cc1cncc(Br)c1. The van der Waals surface area contributed by atoms with Gasteiger partial charge in [0.1, 0.15) is 5.82 Å². The van der Waals surface area contributed by atoms with Crippen molar-refractivity contribution in [1.29, 1.82) is 0 Å². The highest BCUT2D eigenvalue weighted by Crippen LogP contribution is 2.11. The molecule has 2 aromatic heterocycles. The Kier molecular flexibility index (Phi) is 5.50. The van der Waals surface area contributed by atoms with E-state index in [1.54, 1.807) is 13.3 Å². The smallest absolute Gasteiger partial charge is 0.122 e. The molecule has 6 heteroatoms. The van der Waals surface area contributed by atoms with Gasteiger partial charge in [-0.1, -0.05) is 0 Å². The van der Waals surface area contributed by atoms with Gasteiger partial charge in [0.05, 0.1) is 19.7 Å². The highest BCUT2D eigenvalue weighted by atomic mass is 79.9. The summed E-state index contributed by atoms with van der Waals surface area (Å²) in [6.07, 6.45) is 7.45. The van der Waals surface area contributed by atoms with E-state index < -0.39 is 0 Å². The minimum absolute atomic E-state index is 0.705. The Morgan fingerprint density at radius 3 is 3.11 bits per heavy atom. The molecule has 0 saturated heterocycles. The van der Waals surface area contributed by atoms with Crippen LogP contribution in [0.4, 0.5) is 0 Å². The molecule has 0 aliphatic heterocycles. The summed E-state index contributed by atoms with van der Waals surface area (Å²) in [5.41, 5.74) is 1.14. The molecular weight excluding hydrogens is 308 g/mol. The van der Waals surface area contributed by atoms with Gasteiger partial charge in [0, 0.05) is 42.9 Å². The first-order valence-electron chi connectivity index (χ1n) is 6.08. The molecule has 102 valence electrons. The summed E-state index contributed by atoms with van der Waals surface area (Å²) in [4.78, 5) is 8.53. The topological polar surface area (TPSA) is 52.0 Å². The van der Waals surface area contributed by atoms with Crippen LogP contribution >= 0.6 is 15.9 Å². The zero-order valence-electron chi connectivity index (χ0n) is 10.8. The van der Waals surface area contributed by atoms with Crippen molar-refractivity contribution in [3.05, 3.63) is 46.7 Å². The molecule has 0 bridgehead atoms. The molecular formula is C13H17BrN4O. The quantitative estimate of drug-likeness (QED) is 0.789. The van der Waals surface area contributed by atoms with Crippen molar-refractivity contribution in [2.75, 3.05) is 20.3 Å². The van der Waals surface area contributed by atoms with Crippen LogP contribution < -0.4 is 5.32 Å². The van der Waals surface area contributed by atoms with Gasteiger partial charge in [0.2, 0.25) is 0 Å². The molecule has 0 aliphatic carbocycles. The summed E-state index contributed by atoms with van der Waals surface area (Å²) in [5.74, 6) is 1.01. The molecule has 2 aromatic rings. The lowest BCUT2D eigenvalue weighted by Gasteiger charge is -2.09. The maximum atomic E-state index is 5.00. The lowest BCUT2D eigenvalue weighted by molar-refractivity contribution is 0.199. The molecule has 1 N–H and O–H groups in total. The van der Waals surface area contributed by atoms with Crippen molar-refractivity contribution in [2.45, 2.75) is 13.1 Å². The first-order valence-corrected chi connectivity index (χ1v) is 6.88. The lowest BCUT2D eigenvalue weighted by Crippen LogP contribution is -2.21. The summed E-state index contributed by atoms with van der Waals surface area (Å²) in [6.45, 7) is 3.03. The van der Waals surface area contributed by atoms with Crippen molar-refractivity contribution < 1.29 is 4.74 Å². The maximum absolute atomic E-state index is 5.00. The van der Waals surface area contributed by atoms with Gasteiger partial charge in [-0.15, -0.1) is 0 Å². The number of rotatable bonds is 7. The average molecular weight is 325 g/mol. The van der Waals surface area contributed by atoms with Gasteiger partial charge in [-0.05, 0) is 27.6 Å². The number of ether oxygens (including phenoxy) is 1. The normalized spacial score (nSPS) is 10.8. The van der Waals surface area contributed by atoms with Gasteiger partial charge in [0.25, 0.3) is 0 Å². The summed E-state index contributed by atoms with van der Waals surface area (Å²) < 4.78 is 8.10. The van der Waals surface area contributed by atoms with Gasteiger partial charge < -0.3 is 14.6 Å². The van der Waals surface area contributed by atoms with E-state index in [0.717, 1.165) is 35.5 Å². The minimum atomic E-state index is 0.705. The Balaban J connectivity index is 1.95. The van der Waals surface area contributed by atoms with Crippen LogP contribution in [0.5, 0.6) is 0 Å². The predicted molar refractivity (Wildman–Crippen MR) is 76.8 cm³/mol. The zero-order chi connectivity index (χ0) is 13.5. The molecule has 0 aliphatic rings. The predicted octanol–water partition coefficient (Wildman–Crippen LogP) is 1.82. The average Bonchev–Trinajstić information content (AvgIpc) is 2.82. The molecule has 5 nitrogen and oxygen atoms in total. The summed E-state index contributed by atoms with van der Waals surface area (Å²) in [5, 5.41) is 3.29. The molecule has 2 heterocycles. The Morgan fingerprint density at radius 1 is 1.42 bits per heavy atom. The third-order valence-electron chi connectivity index (χ3n) is 2.68. The summed E-state index contributed by atoms with van der Waals surface area (Å²) in [7, 11) is 1.70. The molecule has 0 radical (unpaired) electrons. The van der Waals surface area contributed by atoms with Crippen LogP contribution in [-0.2, 0) is 17.8 Å². The van der Waals surface area contributed by atoms with Crippen molar-refractivity contribution in [1.82, 2.24) is 19.9 Å². The number of methoxy groups -OCH3 is 1. The first-order chi connectivity index (χ1) is 9.29. The highest BCUT2D eigenvalue weighted by Gasteiger charge is 2.03. The van der Waals surface area contributed by atoms with Crippen LogP contribution in [0.25, 0.3) is 0 Å². The lowest BCUT2D eigenvalue weighted by atomic mass is 10.3. The van der Waals surface area contributed by atoms with Crippen LogP contribution in [0, 0.1) is 0 Å². The standard InChI is InChI=1S/C13H17BrN4O/c1-19-5-3-15-9-13-17-2-4-18(13)10-11-6-12(14)8-16-7-11/h2,4,6-8,15H,3,5,9-10H2,1H3. The van der Waals surface area contributed by atoms with Crippen LogP contribution in [0.1, 0.15) is 11.4 Å². The van der Waals surface area contributed by atoms with Gasteiger partial charge >= 0.3 is 0 Å². The number of aromatic nitrogens is 3. The molecule has 19 heavy (non-hydrogen) atoms. The monoisotopic (exact) mass is 324 g/mol. The number of nitrogens with one attached hydrogen (secondary N) is 1. The second kappa shape index (κ2) is 7.37. The van der Waals surface area contributed by atoms with Crippen LogP contribution in [-0.4, -0.2) is 34.8 Å². The van der Waals surface area contributed by atoms with E-state index in [-0.39, 0.29) is 0 Å². The molecule has 2 rings (SSSR count). The van der Waals surface area contributed by atoms with Crippen molar-refractivity contribution in [3.63, 3.8) is 0 Å². The number of nitrogens with zero attached hydrogens (tertiary/aromatic N) is 3. The molecule has 0 fully saturated rings. The fourth-order valence-corrected chi connectivity index (χ4v) is 2.18. The van der Waals surface area contributed by atoms with E-state index in [2.05, 4.69) is 41.8 Å². The number of halogens is 1. The van der Waals surface area contributed by atoms with Crippen LogP contribution in [0.2, 0.25) is 0 Å². The zero-order valence-corrected chi connectivity index (χ0v) is 12.4. The molecule has 0 unspecified atom stereocenters. The third-order valence-corrected chi connectivity index (χ3v) is 3.12. The van der Waals surface area contributed by atoms with E-state index in [9.17, 15) is 0 Å². The van der Waals surface area contributed by atoms with E-state index in [0.29, 0.717) is 6.61 Å². The van der Waals surface area contributed by atoms with Gasteiger partial charge in [-0.25, -0.2) is 4.98 Å². The van der Waals surface area contributed by atoms with Gasteiger partial charge in [-0.3, -0.25) is 4.98 Å². The van der Waals surface area contributed by atoms with Crippen molar-refractivity contribution in [3.8, 4) is 0 Å². The van der Waals surface area contributed by atoms with Crippen LogP contribution in [0.15, 0.2) is 35.3 Å². The molecule has 0 amide bonds. The third kappa shape index (κ3) is 4.41. The van der Waals surface area contributed by atoms with E-state index in [1.165, 1.54) is 0 Å². The van der Waals surface area contributed by atoms with E-state index in [1.807, 2.05) is 18.6 Å². The van der Waals surface area contributed by atoms with Crippen molar-refractivity contribution in [2.24, 2.45) is 0 Å².